The molecule has 0 amide bonds. The number of rotatable bonds is 43. The molecule has 8 atom stereocenters. The molecule has 22 heteroatoms. The quantitative estimate of drug-likeness (QED) is 0.0122. The molecular weight excluding hydrogens is 937 g/mol. The Labute approximate surface area is 399 Å². The van der Waals surface area contributed by atoms with Crippen LogP contribution < -0.4 is 0 Å². The van der Waals surface area contributed by atoms with Crippen molar-refractivity contribution in [1.29, 1.82) is 0 Å². The maximum absolute atomic E-state index is 13.1. The van der Waals surface area contributed by atoms with Gasteiger partial charge in [-0.1, -0.05) is 167 Å². The van der Waals surface area contributed by atoms with Gasteiger partial charge in [0.2, 0.25) is 0 Å². The number of aliphatic hydroxyl groups excluding tert-OH is 3. The van der Waals surface area contributed by atoms with Crippen LogP contribution in [0.3, 0.4) is 0 Å². The fraction of sp³-hybridized carbons (Fsp3) is 0.911. The van der Waals surface area contributed by atoms with Gasteiger partial charge in [0.15, 0.2) is 6.10 Å². The minimum Gasteiger partial charge on any atom is -0.462 e. The molecule has 396 valence electrons. The number of hydrogen-bond donors (Lipinski definition) is 8. The number of allylic oxidation sites excluding steroid dienone is 2. The van der Waals surface area contributed by atoms with Gasteiger partial charge < -0.3 is 49.3 Å². The first kappa shape index (κ1) is 63.9. The van der Waals surface area contributed by atoms with Gasteiger partial charge in [-0.05, 0) is 38.5 Å². The molecule has 1 fully saturated rings. The van der Waals surface area contributed by atoms with Crippen LogP contribution in [0.15, 0.2) is 12.2 Å². The van der Waals surface area contributed by atoms with Gasteiger partial charge in [0, 0.05) is 12.8 Å². The van der Waals surface area contributed by atoms with Crippen molar-refractivity contribution < 1.29 is 90.6 Å². The minimum absolute atomic E-state index is 0.00204. The van der Waals surface area contributed by atoms with Gasteiger partial charge in [-0.2, -0.15) is 0 Å². The van der Waals surface area contributed by atoms with Gasteiger partial charge in [0.1, 0.15) is 43.2 Å². The summed E-state index contributed by atoms with van der Waals surface area (Å²) in [5.41, 5.74) is 0. The number of hydrogen-bond acceptors (Lipinski definition) is 14. The third-order valence-corrected chi connectivity index (χ3v) is 13.6. The van der Waals surface area contributed by atoms with Crippen molar-refractivity contribution in [3.63, 3.8) is 0 Å². The number of ether oxygens (including phenoxy) is 2. The highest BCUT2D eigenvalue weighted by atomic mass is 31.2. The maximum atomic E-state index is 13.1. The van der Waals surface area contributed by atoms with Crippen LogP contribution in [0.2, 0.25) is 0 Å². The molecule has 0 saturated heterocycles. The fourth-order valence-corrected chi connectivity index (χ4v) is 9.91. The van der Waals surface area contributed by atoms with E-state index in [1.807, 2.05) is 0 Å². The van der Waals surface area contributed by atoms with Crippen molar-refractivity contribution in [2.45, 2.75) is 249 Å². The van der Waals surface area contributed by atoms with Crippen LogP contribution in [0.1, 0.15) is 206 Å². The van der Waals surface area contributed by atoms with Crippen molar-refractivity contribution in [2.75, 3.05) is 13.2 Å². The summed E-state index contributed by atoms with van der Waals surface area (Å²) in [6, 6.07) is 0. The summed E-state index contributed by atoms with van der Waals surface area (Å²) < 4.78 is 65.5. The van der Waals surface area contributed by atoms with E-state index < -0.39 is 91.3 Å². The molecule has 0 bridgehead atoms. The highest BCUT2D eigenvalue weighted by Crippen LogP contribution is 2.51. The Morgan fingerprint density at radius 1 is 0.463 bits per heavy atom. The monoisotopic (exact) mass is 1020 g/mol. The number of carbonyl (C=O) groups is 2. The van der Waals surface area contributed by atoms with Gasteiger partial charge >= 0.3 is 35.4 Å². The summed E-state index contributed by atoms with van der Waals surface area (Å²) in [5.74, 6) is -1.30. The molecule has 0 spiro atoms. The van der Waals surface area contributed by atoms with Crippen LogP contribution in [-0.2, 0) is 50.9 Å². The highest BCUT2D eigenvalue weighted by molar-refractivity contribution is 7.47. The summed E-state index contributed by atoms with van der Waals surface area (Å²) in [4.78, 5) is 73.3. The van der Waals surface area contributed by atoms with E-state index in [9.17, 15) is 63.1 Å². The molecule has 0 radical (unpaired) electrons. The highest BCUT2D eigenvalue weighted by Gasteiger charge is 2.56. The van der Waals surface area contributed by atoms with Gasteiger partial charge in [0.25, 0.3) is 0 Å². The van der Waals surface area contributed by atoms with Crippen LogP contribution in [0.5, 0.6) is 0 Å². The maximum Gasteiger partial charge on any atom is 0.472 e. The summed E-state index contributed by atoms with van der Waals surface area (Å²) in [7, 11) is -16.6. The van der Waals surface area contributed by atoms with E-state index >= 15 is 0 Å². The molecule has 5 unspecified atom stereocenters. The van der Waals surface area contributed by atoms with Crippen LogP contribution in [0.25, 0.3) is 0 Å². The first-order chi connectivity index (χ1) is 31.8. The SMILES string of the molecule is CCCCCCCC/C=C\CCCCCCCC(=O)OC[C@H](COP(=O)(O)O[C@H]1C(O)C(O)C(OP(=O)(O)O)[C@@H](OP(=O)(O)O)C1O)OC(=O)CCCCCCCCCCCCCCCCC. The molecule has 0 aromatic heterocycles. The molecule has 1 saturated carbocycles. The van der Waals surface area contributed by atoms with Gasteiger partial charge in [-0.15, -0.1) is 0 Å². The Kier molecular flexibility index (Phi) is 35.9. The van der Waals surface area contributed by atoms with E-state index in [1.54, 1.807) is 0 Å². The lowest BCUT2D eigenvalue weighted by Crippen LogP contribution is -2.65. The van der Waals surface area contributed by atoms with E-state index in [2.05, 4.69) is 35.0 Å². The lowest BCUT2D eigenvalue weighted by atomic mass is 9.85. The minimum atomic E-state index is -5.60. The molecule has 1 aliphatic rings. The predicted molar refractivity (Wildman–Crippen MR) is 252 cm³/mol. The first-order valence-electron chi connectivity index (χ1n) is 25.0. The van der Waals surface area contributed by atoms with E-state index in [-0.39, 0.29) is 12.8 Å². The number of phosphoric ester groups is 3. The molecule has 0 heterocycles. The predicted octanol–water partition coefficient (Wildman–Crippen LogP) is 9.29. The third-order valence-electron chi connectivity index (χ3n) is 11.6. The van der Waals surface area contributed by atoms with Gasteiger partial charge in [-0.3, -0.25) is 27.7 Å². The molecule has 0 aromatic carbocycles. The summed E-state index contributed by atoms with van der Waals surface area (Å²) in [6.07, 6.45) is 19.4. The number of phosphoric acid groups is 3. The molecular formula is C45H87O19P3. The zero-order valence-electron chi connectivity index (χ0n) is 40.2. The Morgan fingerprint density at radius 2 is 0.821 bits per heavy atom. The van der Waals surface area contributed by atoms with E-state index in [0.29, 0.717) is 12.8 Å². The van der Waals surface area contributed by atoms with Crippen LogP contribution in [0, 0.1) is 0 Å². The van der Waals surface area contributed by atoms with Crippen LogP contribution >= 0.6 is 23.5 Å². The van der Waals surface area contributed by atoms with E-state index in [4.69, 9.17) is 18.5 Å². The molecule has 0 aromatic rings. The summed E-state index contributed by atoms with van der Waals surface area (Å²) in [6.45, 7) is 2.95. The normalized spacial score (nSPS) is 21.6. The van der Waals surface area contributed by atoms with Gasteiger partial charge in [0.05, 0.1) is 6.61 Å². The fourth-order valence-electron chi connectivity index (χ4n) is 7.81. The average Bonchev–Trinajstić information content (AvgIpc) is 3.25. The van der Waals surface area contributed by atoms with Crippen molar-refractivity contribution in [1.82, 2.24) is 0 Å². The molecule has 1 aliphatic carbocycles. The number of aliphatic hydroxyl groups is 3. The second kappa shape index (κ2) is 37.6. The lowest BCUT2D eigenvalue weighted by Gasteiger charge is -2.44. The van der Waals surface area contributed by atoms with E-state index in [0.717, 1.165) is 64.2 Å². The van der Waals surface area contributed by atoms with Crippen LogP contribution in [-0.4, -0.2) is 108 Å². The summed E-state index contributed by atoms with van der Waals surface area (Å²) >= 11 is 0. The average molecular weight is 1030 g/mol. The largest absolute Gasteiger partial charge is 0.472 e. The van der Waals surface area contributed by atoms with Gasteiger partial charge in [-0.25, -0.2) is 13.7 Å². The van der Waals surface area contributed by atoms with Crippen molar-refractivity contribution in [2.24, 2.45) is 0 Å². The lowest BCUT2D eigenvalue weighted by molar-refractivity contribution is -0.213. The number of unbranched alkanes of at least 4 members (excludes halogenated alkanes) is 25. The molecule has 67 heavy (non-hydrogen) atoms. The van der Waals surface area contributed by atoms with Crippen molar-refractivity contribution >= 4 is 35.4 Å². The zero-order chi connectivity index (χ0) is 50.0. The Bertz CT molecular complexity index is 1460. The molecule has 0 aliphatic heterocycles. The number of carbonyl (C=O) groups excluding carboxylic acids is 2. The summed E-state index contributed by atoms with van der Waals surface area (Å²) in [5, 5.41) is 31.9. The standard InChI is InChI=1S/C45H87O19P3/c1-3-5-7-9-11-13-15-17-19-21-23-25-27-29-31-33-38(46)59-35-37(61-39(47)34-32-30-28-26-24-22-20-18-16-14-12-10-8-6-4-2)36-60-67(57,58)64-43-40(48)41(49)44(62-65(51,52)53)45(42(43)50)63-66(54,55)56/h17,19,37,40-45,48-50H,3-16,18,20-36H2,1-2H3,(H,57,58)(H2,51,52,53)(H2,54,55,56)/b19-17-/t37-,40?,41?,42?,43+,44?,45+/m1/s1. The first-order valence-corrected chi connectivity index (χ1v) is 29.5. The molecule has 8 N–H and O–H groups in total. The Morgan fingerprint density at radius 3 is 1.24 bits per heavy atom. The molecule has 1 rings (SSSR count). The Hall–Kier alpha value is -1.11. The van der Waals surface area contributed by atoms with Crippen molar-refractivity contribution in [3.05, 3.63) is 12.2 Å². The smallest absolute Gasteiger partial charge is 0.462 e. The van der Waals surface area contributed by atoms with E-state index in [1.165, 1.54) is 103 Å². The second-order valence-electron chi connectivity index (χ2n) is 17.8. The molecule has 19 nitrogen and oxygen atoms in total. The zero-order valence-corrected chi connectivity index (χ0v) is 42.9. The third kappa shape index (κ3) is 34.0. The van der Waals surface area contributed by atoms with Crippen molar-refractivity contribution in [3.8, 4) is 0 Å². The number of esters is 2. The second-order valence-corrected chi connectivity index (χ2v) is 21.5. The Balaban J connectivity index is 2.71. The topological polar surface area (TPSA) is 303 Å². The van der Waals surface area contributed by atoms with Crippen LogP contribution in [0.4, 0.5) is 0 Å².